The zero-order valence-electron chi connectivity index (χ0n) is 12.0. The fourth-order valence-corrected chi connectivity index (χ4v) is 2.62. The normalized spacial score (nSPS) is 12.1. The summed E-state index contributed by atoms with van der Waals surface area (Å²) in [6.07, 6.45) is 7.85. The average Bonchev–Trinajstić information content (AvgIpc) is 3.02. The molecule has 1 unspecified atom stereocenters. The summed E-state index contributed by atoms with van der Waals surface area (Å²) >= 11 is 1.38. The van der Waals surface area contributed by atoms with Gasteiger partial charge in [0.25, 0.3) is 5.91 Å². The number of carbonyl (C=O) groups excluding carboxylic acids is 1. The van der Waals surface area contributed by atoms with Crippen molar-refractivity contribution in [3.05, 3.63) is 29.7 Å². The van der Waals surface area contributed by atoms with Gasteiger partial charge in [-0.05, 0) is 6.42 Å². The van der Waals surface area contributed by atoms with E-state index >= 15 is 0 Å². The first kappa shape index (κ1) is 15.5. The maximum atomic E-state index is 12.2. The quantitative estimate of drug-likeness (QED) is 0.814. The average molecular weight is 305 g/mol. The molecule has 7 heteroatoms. The van der Waals surface area contributed by atoms with Gasteiger partial charge in [-0.3, -0.25) is 14.8 Å². The Labute approximate surface area is 127 Å². The summed E-state index contributed by atoms with van der Waals surface area (Å²) in [7, 11) is 0. The smallest absolute Gasteiger partial charge is 0.271 e. The first-order chi connectivity index (χ1) is 10.2. The molecular weight excluding hydrogens is 286 g/mol. The third-order valence-corrected chi connectivity index (χ3v) is 3.91. The second kappa shape index (κ2) is 7.80. The Morgan fingerprint density at radius 3 is 3.00 bits per heavy atom. The van der Waals surface area contributed by atoms with Crippen LogP contribution < -0.4 is 11.1 Å². The fourth-order valence-electron chi connectivity index (χ4n) is 1.86. The maximum Gasteiger partial charge on any atom is 0.271 e. The molecular formula is C14H19N5OS. The fraction of sp³-hybridized carbons (Fsp3) is 0.429. The lowest BCUT2D eigenvalue weighted by Crippen LogP contribution is -2.40. The number of carbonyl (C=O) groups is 1. The number of hydrogen-bond acceptors (Lipinski definition) is 6. The first-order valence-electron chi connectivity index (χ1n) is 6.97. The molecule has 0 fully saturated rings. The van der Waals surface area contributed by atoms with Crippen LogP contribution in [-0.2, 0) is 0 Å². The van der Waals surface area contributed by atoms with E-state index in [4.69, 9.17) is 5.73 Å². The van der Waals surface area contributed by atoms with Crippen molar-refractivity contribution in [2.45, 2.75) is 32.2 Å². The molecule has 0 radical (unpaired) electrons. The molecule has 0 saturated heterocycles. The number of thiazole rings is 1. The van der Waals surface area contributed by atoms with Crippen molar-refractivity contribution < 1.29 is 4.79 Å². The molecule has 2 aromatic heterocycles. The van der Waals surface area contributed by atoms with E-state index in [2.05, 4.69) is 27.2 Å². The molecule has 1 atom stereocenters. The van der Waals surface area contributed by atoms with Gasteiger partial charge in [-0.2, -0.15) is 0 Å². The number of nitrogens with zero attached hydrogens (tertiary/aromatic N) is 3. The summed E-state index contributed by atoms with van der Waals surface area (Å²) in [5.74, 6) is -0.187. The number of nitrogens with two attached hydrogens (primary N) is 1. The van der Waals surface area contributed by atoms with Crippen molar-refractivity contribution in [2.75, 3.05) is 6.54 Å². The molecule has 0 spiro atoms. The molecule has 2 heterocycles. The van der Waals surface area contributed by atoms with Crippen molar-refractivity contribution >= 4 is 17.2 Å². The maximum absolute atomic E-state index is 12.2. The largest absolute Gasteiger partial charge is 0.347 e. The van der Waals surface area contributed by atoms with E-state index in [0.717, 1.165) is 19.3 Å². The summed E-state index contributed by atoms with van der Waals surface area (Å²) in [5.41, 5.74) is 6.75. The Morgan fingerprint density at radius 2 is 2.33 bits per heavy atom. The third kappa shape index (κ3) is 4.30. The van der Waals surface area contributed by atoms with E-state index in [0.29, 0.717) is 22.9 Å². The third-order valence-electron chi connectivity index (χ3n) is 3.04. The zero-order valence-corrected chi connectivity index (χ0v) is 12.8. The summed E-state index contributed by atoms with van der Waals surface area (Å²) in [6.45, 7) is 2.55. The number of hydrogen-bond donors (Lipinski definition) is 2. The van der Waals surface area contributed by atoms with Crippen molar-refractivity contribution in [3.8, 4) is 10.7 Å². The minimum absolute atomic E-state index is 0.000818. The molecule has 2 aromatic rings. The first-order valence-corrected chi connectivity index (χ1v) is 7.85. The van der Waals surface area contributed by atoms with Gasteiger partial charge in [0.2, 0.25) is 0 Å². The molecule has 3 N–H and O–H groups in total. The SMILES string of the molecule is CCCCC(CN)NC(=O)c1csc(-c2cnccn2)n1. The van der Waals surface area contributed by atoms with Crippen LogP contribution >= 0.6 is 11.3 Å². The van der Waals surface area contributed by atoms with E-state index in [1.54, 1.807) is 24.0 Å². The predicted octanol–water partition coefficient (Wildman–Crippen LogP) is 1.85. The Morgan fingerprint density at radius 1 is 1.48 bits per heavy atom. The van der Waals surface area contributed by atoms with Gasteiger partial charge in [-0.1, -0.05) is 19.8 Å². The van der Waals surface area contributed by atoms with Gasteiger partial charge >= 0.3 is 0 Å². The lowest BCUT2D eigenvalue weighted by molar-refractivity contribution is 0.0931. The van der Waals surface area contributed by atoms with Gasteiger partial charge in [0, 0.05) is 30.4 Å². The summed E-state index contributed by atoms with van der Waals surface area (Å²) in [4.78, 5) is 24.6. The van der Waals surface area contributed by atoms with Crippen LogP contribution in [0.1, 0.15) is 36.7 Å². The van der Waals surface area contributed by atoms with Gasteiger partial charge in [-0.25, -0.2) is 4.98 Å². The van der Waals surface area contributed by atoms with Crippen LogP contribution in [-0.4, -0.2) is 33.4 Å². The van der Waals surface area contributed by atoms with Crippen LogP contribution in [0.5, 0.6) is 0 Å². The Hall–Kier alpha value is -1.86. The molecule has 0 bridgehead atoms. The molecule has 21 heavy (non-hydrogen) atoms. The van der Waals surface area contributed by atoms with Gasteiger partial charge in [0.1, 0.15) is 16.4 Å². The second-order valence-corrected chi connectivity index (χ2v) is 5.53. The van der Waals surface area contributed by atoms with Gasteiger partial charge in [0.05, 0.1) is 6.20 Å². The van der Waals surface area contributed by atoms with Gasteiger partial charge in [0.15, 0.2) is 0 Å². The Kier molecular flexibility index (Phi) is 5.77. The number of aromatic nitrogens is 3. The minimum Gasteiger partial charge on any atom is -0.347 e. The molecule has 0 aromatic carbocycles. The minimum atomic E-state index is -0.187. The number of amides is 1. The van der Waals surface area contributed by atoms with Crippen molar-refractivity contribution in [2.24, 2.45) is 5.73 Å². The molecule has 0 aliphatic heterocycles. The molecule has 1 amide bonds. The van der Waals surface area contributed by atoms with E-state index in [-0.39, 0.29) is 11.9 Å². The van der Waals surface area contributed by atoms with Gasteiger partial charge < -0.3 is 11.1 Å². The molecule has 2 rings (SSSR count). The standard InChI is InChI=1S/C14H19N5OS/c1-2-3-4-10(7-15)18-13(20)12-9-21-14(19-12)11-8-16-5-6-17-11/h5-6,8-10H,2-4,7,15H2,1H3,(H,18,20). The highest BCUT2D eigenvalue weighted by Gasteiger charge is 2.16. The predicted molar refractivity (Wildman–Crippen MR) is 83.0 cm³/mol. The van der Waals surface area contributed by atoms with Crippen molar-refractivity contribution in [3.63, 3.8) is 0 Å². The molecule has 0 aliphatic rings. The van der Waals surface area contributed by atoms with E-state index in [1.807, 2.05) is 0 Å². The van der Waals surface area contributed by atoms with E-state index < -0.39 is 0 Å². The molecule has 6 nitrogen and oxygen atoms in total. The summed E-state index contributed by atoms with van der Waals surface area (Å²) < 4.78 is 0. The highest BCUT2D eigenvalue weighted by Crippen LogP contribution is 2.20. The highest BCUT2D eigenvalue weighted by molar-refractivity contribution is 7.13. The van der Waals surface area contributed by atoms with E-state index in [9.17, 15) is 4.79 Å². The molecule has 0 saturated carbocycles. The highest BCUT2D eigenvalue weighted by atomic mass is 32.1. The lowest BCUT2D eigenvalue weighted by atomic mass is 10.1. The Balaban J connectivity index is 2.02. The summed E-state index contributed by atoms with van der Waals surface area (Å²) in [6, 6.07) is -0.000818. The number of unbranched alkanes of at least 4 members (excludes halogenated alkanes) is 1. The van der Waals surface area contributed by atoms with Crippen molar-refractivity contribution in [1.82, 2.24) is 20.3 Å². The van der Waals surface area contributed by atoms with Crippen LogP contribution in [0, 0.1) is 0 Å². The van der Waals surface area contributed by atoms with E-state index in [1.165, 1.54) is 11.3 Å². The molecule has 0 aliphatic carbocycles. The molecule has 112 valence electrons. The summed E-state index contributed by atoms with van der Waals surface area (Å²) in [5, 5.41) is 5.34. The number of nitrogens with one attached hydrogen (secondary N) is 1. The lowest BCUT2D eigenvalue weighted by Gasteiger charge is -2.15. The Bertz CT molecular complexity index is 572. The van der Waals surface area contributed by atoms with Crippen LogP contribution in [0.25, 0.3) is 10.7 Å². The van der Waals surface area contributed by atoms with Crippen LogP contribution in [0.4, 0.5) is 0 Å². The second-order valence-electron chi connectivity index (χ2n) is 4.68. The topological polar surface area (TPSA) is 93.8 Å². The van der Waals surface area contributed by atoms with Crippen LogP contribution in [0.2, 0.25) is 0 Å². The van der Waals surface area contributed by atoms with Crippen LogP contribution in [0.3, 0.4) is 0 Å². The zero-order chi connectivity index (χ0) is 15.1. The monoisotopic (exact) mass is 305 g/mol. The van der Waals surface area contributed by atoms with Crippen LogP contribution in [0.15, 0.2) is 24.0 Å². The number of rotatable bonds is 7. The van der Waals surface area contributed by atoms with Gasteiger partial charge in [-0.15, -0.1) is 11.3 Å². The van der Waals surface area contributed by atoms with Crippen molar-refractivity contribution in [1.29, 1.82) is 0 Å².